The molecule has 1 heterocycles. The average molecular weight is 401 g/mol. The summed E-state index contributed by atoms with van der Waals surface area (Å²) in [7, 11) is 0. The lowest BCUT2D eigenvalue weighted by molar-refractivity contribution is -0.141. The van der Waals surface area contributed by atoms with Crippen LogP contribution in [0.15, 0.2) is 53.0 Å². The molecule has 2 aromatic carbocycles. The zero-order valence-corrected chi connectivity index (χ0v) is 15.8. The lowest BCUT2D eigenvalue weighted by Gasteiger charge is -2.36. The number of hydrogen-bond donors (Lipinski definition) is 1. The number of carbonyl (C=O) groups is 2. The number of nitrogens with zero attached hydrogens (tertiary/aromatic N) is 1. The predicted octanol–water partition coefficient (Wildman–Crippen LogP) is 3.60. The maximum absolute atomic E-state index is 13.0. The highest BCUT2D eigenvalue weighted by Gasteiger charge is 2.36. The standard InChI is InChI=1S/C20H21BrN2O2/c1-2-11-23-18(24)12-14-7-3-5-9-16(14)19(23)20(25)22-13-15-8-4-6-10-17(15)21/h3-10,19H,2,11-13H2,1H3,(H,22,25). The molecule has 0 bridgehead atoms. The molecule has 1 aliphatic rings. The van der Waals surface area contributed by atoms with Crippen LogP contribution >= 0.6 is 15.9 Å². The van der Waals surface area contributed by atoms with Crippen molar-refractivity contribution >= 4 is 27.7 Å². The molecule has 0 saturated carbocycles. The second-order valence-corrected chi connectivity index (χ2v) is 7.03. The van der Waals surface area contributed by atoms with Crippen LogP contribution in [-0.2, 0) is 22.6 Å². The quantitative estimate of drug-likeness (QED) is 0.833. The smallest absolute Gasteiger partial charge is 0.247 e. The first-order valence-electron chi connectivity index (χ1n) is 8.50. The normalized spacial score (nSPS) is 16.5. The minimum Gasteiger partial charge on any atom is -0.350 e. The summed E-state index contributed by atoms with van der Waals surface area (Å²) in [5.41, 5.74) is 2.88. The number of amides is 2. The Hall–Kier alpha value is -2.14. The van der Waals surface area contributed by atoms with E-state index in [4.69, 9.17) is 0 Å². The number of fused-ring (bicyclic) bond motifs is 1. The van der Waals surface area contributed by atoms with E-state index in [0.29, 0.717) is 19.5 Å². The van der Waals surface area contributed by atoms with E-state index in [-0.39, 0.29) is 11.8 Å². The predicted molar refractivity (Wildman–Crippen MR) is 101 cm³/mol. The third-order valence-electron chi connectivity index (χ3n) is 4.45. The van der Waals surface area contributed by atoms with Crippen molar-refractivity contribution in [3.63, 3.8) is 0 Å². The highest BCUT2D eigenvalue weighted by Crippen LogP contribution is 2.31. The molecule has 3 rings (SSSR count). The number of carbonyl (C=O) groups excluding carboxylic acids is 2. The Morgan fingerprint density at radius 2 is 1.92 bits per heavy atom. The molecule has 2 aromatic rings. The van der Waals surface area contributed by atoms with Crippen LogP contribution in [0, 0.1) is 0 Å². The van der Waals surface area contributed by atoms with Crippen LogP contribution in [0.3, 0.4) is 0 Å². The summed E-state index contributed by atoms with van der Waals surface area (Å²) < 4.78 is 0.959. The van der Waals surface area contributed by atoms with Gasteiger partial charge in [-0.25, -0.2) is 0 Å². The number of nitrogens with one attached hydrogen (secondary N) is 1. The van der Waals surface area contributed by atoms with E-state index in [1.165, 1.54) is 0 Å². The van der Waals surface area contributed by atoms with Crippen molar-refractivity contribution in [2.24, 2.45) is 0 Å². The van der Waals surface area contributed by atoms with Crippen LogP contribution in [0.1, 0.15) is 36.1 Å². The van der Waals surface area contributed by atoms with Crippen LogP contribution in [0.5, 0.6) is 0 Å². The fourth-order valence-corrected chi connectivity index (χ4v) is 3.66. The molecule has 5 heteroatoms. The number of benzene rings is 2. The second-order valence-electron chi connectivity index (χ2n) is 6.17. The van der Waals surface area contributed by atoms with Gasteiger partial charge in [-0.2, -0.15) is 0 Å². The molecule has 130 valence electrons. The van der Waals surface area contributed by atoms with Crippen molar-refractivity contribution in [1.82, 2.24) is 10.2 Å². The molecule has 4 nitrogen and oxygen atoms in total. The molecule has 0 saturated heterocycles. The molecule has 0 spiro atoms. The molecule has 1 unspecified atom stereocenters. The average Bonchev–Trinajstić information content (AvgIpc) is 2.61. The first-order chi connectivity index (χ1) is 12.1. The highest BCUT2D eigenvalue weighted by atomic mass is 79.9. The summed E-state index contributed by atoms with van der Waals surface area (Å²) in [5, 5.41) is 3.00. The van der Waals surface area contributed by atoms with Gasteiger partial charge in [-0.05, 0) is 29.2 Å². The topological polar surface area (TPSA) is 49.4 Å². The zero-order valence-electron chi connectivity index (χ0n) is 14.2. The van der Waals surface area contributed by atoms with E-state index in [1.807, 2.05) is 55.5 Å². The van der Waals surface area contributed by atoms with E-state index >= 15 is 0 Å². The third-order valence-corrected chi connectivity index (χ3v) is 5.22. The van der Waals surface area contributed by atoms with Crippen molar-refractivity contribution in [3.05, 3.63) is 69.7 Å². The van der Waals surface area contributed by atoms with Crippen LogP contribution in [0.4, 0.5) is 0 Å². The fourth-order valence-electron chi connectivity index (χ4n) is 3.24. The van der Waals surface area contributed by atoms with Gasteiger partial charge in [0.25, 0.3) is 0 Å². The molecule has 0 fully saturated rings. The van der Waals surface area contributed by atoms with Gasteiger partial charge in [-0.3, -0.25) is 9.59 Å². The van der Waals surface area contributed by atoms with E-state index in [0.717, 1.165) is 27.6 Å². The van der Waals surface area contributed by atoms with Gasteiger partial charge < -0.3 is 10.2 Å². The lowest BCUT2D eigenvalue weighted by Crippen LogP contribution is -2.47. The Balaban J connectivity index is 1.85. The van der Waals surface area contributed by atoms with Crippen LogP contribution in [-0.4, -0.2) is 23.3 Å². The molecule has 0 aliphatic carbocycles. The van der Waals surface area contributed by atoms with Crippen molar-refractivity contribution < 1.29 is 9.59 Å². The van der Waals surface area contributed by atoms with E-state index in [2.05, 4.69) is 21.2 Å². The molecule has 2 amide bonds. The third kappa shape index (κ3) is 3.76. The molecular weight excluding hydrogens is 380 g/mol. The van der Waals surface area contributed by atoms with E-state index in [9.17, 15) is 9.59 Å². The molecule has 1 N–H and O–H groups in total. The lowest BCUT2D eigenvalue weighted by atomic mass is 9.91. The van der Waals surface area contributed by atoms with Crippen molar-refractivity contribution in [2.75, 3.05) is 6.54 Å². The SMILES string of the molecule is CCCN1C(=O)Cc2ccccc2C1C(=O)NCc1ccccc1Br. The molecule has 1 aliphatic heterocycles. The second kappa shape index (κ2) is 7.83. The fraction of sp³-hybridized carbons (Fsp3) is 0.300. The van der Waals surface area contributed by atoms with Crippen LogP contribution in [0.2, 0.25) is 0 Å². The summed E-state index contributed by atoms with van der Waals surface area (Å²) >= 11 is 3.50. The number of halogens is 1. The van der Waals surface area contributed by atoms with Crippen molar-refractivity contribution in [2.45, 2.75) is 32.4 Å². The molecular formula is C20H21BrN2O2. The first-order valence-corrected chi connectivity index (χ1v) is 9.29. The summed E-state index contributed by atoms with van der Waals surface area (Å²) in [5.74, 6) is -0.119. The van der Waals surface area contributed by atoms with Gasteiger partial charge in [0.05, 0.1) is 6.42 Å². The summed E-state index contributed by atoms with van der Waals surface area (Å²) in [6.07, 6.45) is 1.19. The largest absolute Gasteiger partial charge is 0.350 e. The Kier molecular flexibility index (Phi) is 5.53. The van der Waals surface area contributed by atoms with E-state index in [1.54, 1.807) is 4.90 Å². The van der Waals surface area contributed by atoms with Crippen LogP contribution in [0.25, 0.3) is 0 Å². The van der Waals surface area contributed by atoms with Crippen molar-refractivity contribution in [1.29, 1.82) is 0 Å². The Morgan fingerprint density at radius 1 is 1.20 bits per heavy atom. The molecule has 1 atom stereocenters. The Bertz CT molecular complexity index is 791. The monoisotopic (exact) mass is 400 g/mol. The van der Waals surface area contributed by atoms with Gasteiger partial charge in [-0.15, -0.1) is 0 Å². The summed E-state index contributed by atoms with van der Waals surface area (Å²) in [4.78, 5) is 27.2. The molecule has 0 radical (unpaired) electrons. The zero-order chi connectivity index (χ0) is 17.8. The molecule has 25 heavy (non-hydrogen) atoms. The minimum absolute atomic E-state index is 0.0154. The van der Waals surface area contributed by atoms with Gasteiger partial charge in [0, 0.05) is 17.6 Å². The van der Waals surface area contributed by atoms with Gasteiger partial charge in [0.2, 0.25) is 11.8 Å². The maximum Gasteiger partial charge on any atom is 0.247 e. The van der Waals surface area contributed by atoms with Gasteiger partial charge in [0.1, 0.15) is 6.04 Å². The summed E-state index contributed by atoms with van der Waals surface area (Å²) in [6, 6.07) is 15.0. The van der Waals surface area contributed by atoms with E-state index < -0.39 is 6.04 Å². The van der Waals surface area contributed by atoms with Crippen LogP contribution < -0.4 is 5.32 Å². The van der Waals surface area contributed by atoms with Gasteiger partial charge in [-0.1, -0.05) is 65.3 Å². The maximum atomic E-state index is 13.0. The number of hydrogen-bond acceptors (Lipinski definition) is 2. The minimum atomic E-state index is -0.556. The van der Waals surface area contributed by atoms with Gasteiger partial charge >= 0.3 is 0 Å². The highest BCUT2D eigenvalue weighted by molar-refractivity contribution is 9.10. The molecule has 0 aromatic heterocycles. The Labute approximate surface area is 156 Å². The van der Waals surface area contributed by atoms with Crippen molar-refractivity contribution in [3.8, 4) is 0 Å². The van der Waals surface area contributed by atoms with Gasteiger partial charge in [0.15, 0.2) is 0 Å². The number of rotatable bonds is 5. The summed E-state index contributed by atoms with van der Waals surface area (Å²) in [6.45, 7) is 3.03. The Morgan fingerprint density at radius 3 is 2.68 bits per heavy atom. The first kappa shape index (κ1) is 17.7.